The van der Waals surface area contributed by atoms with Crippen molar-refractivity contribution in [3.63, 3.8) is 0 Å². The topological polar surface area (TPSA) is 38.3 Å². The van der Waals surface area contributed by atoms with E-state index >= 15 is 0 Å². The first-order valence-electron chi connectivity index (χ1n) is 5.00. The van der Waals surface area contributed by atoms with Gasteiger partial charge in [-0.3, -0.25) is 4.79 Å². The summed E-state index contributed by atoms with van der Waals surface area (Å²) in [6.07, 6.45) is 0.790. The van der Waals surface area contributed by atoms with Crippen molar-refractivity contribution in [2.24, 2.45) is 11.8 Å². The van der Waals surface area contributed by atoms with E-state index in [1.807, 2.05) is 0 Å². The maximum Gasteiger partial charge on any atom is 0.249 e. The van der Waals surface area contributed by atoms with Crippen molar-refractivity contribution in [1.29, 1.82) is 0 Å². The van der Waals surface area contributed by atoms with Gasteiger partial charge < -0.3 is 10.1 Å². The van der Waals surface area contributed by atoms with Crippen LogP contribution in [-0.2, 0) is 9.53 Å². The van der Waals surface area contributed by atoms with E-state index in [4.69, 9.17) is 4.74 Å². The molecule has 0 unspecified atom stereocenters. The summed E-state index contributed by atoms with van der Waals surface area (Å²) in [5, 5.41) is 2.89. The Morgan fingerprint density at radius 2 is 2.31 bits per heavy atom. The maximum absolute atomic E-state index is 11.5. The van der Waals surface area contributed by atoms with E-state index in [2.05, 4.69) is 26.1 Å². The molecule has 0 aromatic rings. The van der Waals surface area contributed by atoms with E-state index < -0.39 is 0 Å². The molecule has 1 N–H and O–H groups in total. The number of rotatable bonds is 3. The van der Waals surface area contributed by atoms with Gasteiger partial charge in [-0.25, -0.2) is 0 Å². The van der Waals surface area contributed by atoms with Crippen molar-refractivity contribution >= 4 is 5.91 Å². The molecule has 1 heterocycles. The van der Waals surface area contributed by atoms with Crippen molar-refractivity contribution in [2.75, 3.05) is 13.2 Å². The fourth-order valence-corrected chi connectivity index (χ4v) is 1.44. The molecule has 76 valence electrons. The second kappa shape index (κ2) is 4.61. The summed E-state index contributed by atoms with van der Waals surface area (Å²) >= 11 is 0. The van der Waals surface area contributed by atoms with Gasteiger partial charge in [0.2, 0.25) is 5.91 Å². The number of hydrogen-bond donors (Lipinski definition) is 1. The molecule has 1 rings (SSSR count). The summed E-state index contributed by atoms with van der Waals surface area (Å²) in [5.41, 5.74) is 0. The zero-order chi connectivity index (χ0) is 9.84. The summed E-state index contributed by atoms with van der Waals surface area (Å²) in [4.78, 5) is 11.5. The number of carbonyl (C=O) groups is 1. The molecule has 0 spiro atoms. The summed E-state index contributed by atoms with van der Waals surface area (Å²) in [6, 6.07) is 0. The first kappa shape index (κ1) is 10.5. The molecule has 13 heavy (non-hydrogen) atoms. The molecule has 0 bridgehead atoms. The molecule has 1 fully saturated rings. The zero-order valence-corrected chi connectivity index (χ0v) is 8.67. The highest BCUT2D eigenvalue weighted by molar-refractivity contribution is 5.81. The molecule has 0 saturated carbocycles. The highest BCUT2D eigenvalue weighted by Gasteiger charge is 2.30. The zero-order valence-electron chi connectivity index (χ0n) is 8.67. The quantitative estimate of drug-likeness (QED) is 0.717. The molecule has 3 heteroatoms. The molecule has 0 aromatic heterocycles. The molecule has 0 aliphatic carbocycles. The molecule has 1 saturated heterocycles. The second-order valence-corrected chi connectivity index (χ2v) is 4.20. The lowest BCUT2D eigenvalue weighted by molar-refractivity contribution is -0.131. The third kappa shape index (κ3) is 2.99. The highest BCUT2D eigenvalue weighted by Crippen LogP contribution is 2.19. The number of ether oxygens (including phenoxy) is 1. The molecular formula is C10H19NO2. The fraction of sp³-hybridized carbons (Fsp3) is 0.900. The van der Waals surface area contributed by atoms with Crippen LogP contribution in [0.15, 0.2) is 0 Å². The van der Waals surface area contributed by atoms with Gasteiger partial charge in [0.1, 0.15) is 6.10 Å². The van der Waals surface area contributed by atoms with E-state index in [0.717, 1.165) is 19.6 Å². The molecule has 3 nitrogen and oxygen atoms in total. The second-order valence-electron chi connectivity index (χ2n) is 4.20. The number of hydrogen-bond acceptors (Lipinski definition) is 2. The molecular weight excluding hydrogens is 166 g/mol. The van der Waals surface area contributed by atoms with Gasteiger partial charge in [0.25, 0.3) is 0 Å². The maximum atomic E-state index is 11.5. The minimum atomic E-state index is -0.209. The van der Waals surface area contributed by atoms with Gasteiger partial charge in [0, 0.05) is 13.2 Å². The summed E-state index contributed by atoms with van der Waals surface area (Å²) < 4.78 is 5.35. The van der Waals surface area contributed by atoms with Crippen LogP contribution in [0, 0.1) is 11.8 Å². The van der Waals surface area contributed by atoms with E-state index in [-0.39, 0.29) is 12.0 Å². The van der Waals surface area contributed by atoms with Crippen LogP contribution in [-0.4, -0.2) is 25.2 Å². The normalized spacial score (nSPS) is 28.0. The Kier molecular flexibility index (Phi) is 3.72. The van der Waals surface area contributed by atoms with Crippen LogP contribution < -0.4 is 5.32 Å². The lowest BCUT2D eigenvalue weighted by Gasteiger charge is -2.15. The van der Waals surface area contributed by atoms with Gasteiger partial charge in [-0.15, -0.1) is 0 Å². The Morgan fingerprint density at radius 1 is 1.62 bits per heavy atom. The molecule has 0 aromatic carbocycles. The Hall–Kier alpha value is -0.570. The van der Waals surface area contributed by atoms with Crippen molar-refractivity contribution < 1.29 is 9.53 Å². The summed E-state index contributed by atoms with van der Waals surface area (Å²) in [5.74, 6) is 0.923. The largest absolute Gasteiger partial charge is 0.368 e. The summed E-state index contributed by atoms with van der Waals surface area (Å²) in [7, 11) is 0. The van der Waals surface area contributed by atoms with Crippen molar-refractivity contribution in [3.05, 3.63) is 0 Å². The Bertz CT molecular complexity index is 180. The van der Waals surface area contributed by atoms with Gasteiger partial charge in [-0.2, -0.15) is 0 Å². The lowest BCUT2D eigenvalue weighted by Crippen LogP contribution is -2.38. The first-order chi connectivity index (χ1) is 6.11. The fourth-order valence-electron chi connectivity index (χ4n) is 1.44. The third-order valence-corrected chi connectivity index (χ3v) is 2.33. The van der Waals surface area contributed by atoms with Crippen LogP contribution in [0.1, 0.15) is 27.2 Å². The SMILES string of the molecule is CC(C)CNC(=O)[C@H]1OCC[C@H]1C. The standard InChI is InChI=1S/C10H19NO2/c1-7(2)6-11-10(12)9-8(3)4-5-13-9/h7-9H,4-6H2,1-3H3,(H,11,12)/t8-,9+/m1/s1. The van der Waals surface area contributed by atoms with Crippen LogP contribution in [0.3, 0.4) is 0 Å². The van der Waals surface area contributed by atoms with Crippen molar-refractivity contribution in [1.82, 2.24) is 5.32 Å². The van der Waals surface area contributed by atoms with Crippen LogP contribution >= 0.6 is 0 Å². The Morgan fingerprint density at radius 3 is 2.77 bits per heavy atom. The third-order valence-electron chi connectivity index (χ3n) is 2.33. The van der Waals surface area contributed by atoms with Crippen molar-refractivity contribution in [2.45, 2.75) is 33.3 Å². The Balaban J connectivity index is 2.30. The molecule has 1 aliphatic rings. The number of nitrogens with one attached hydrogen (secondary N) is 1. The monoisotopic (exact) mass is 185 g/mol. The predicted octanol–water partition coefficient (Wildman–Crippen LogP) is 1.18. The first-order valence-corrected chi connectivity index (χ1v) is 5.00. The van der Waals surface area contributed by atoms with Crippen LogP contribution in [0.5, 0.6) is 0 Å². The molecule has 1 amide bonds. The van der Waals surface area contributed by atoms with Crippen LogP contribution in [0.4, 0.5) is 0 Å². The van der Waals surface area contributed by atoms with E-state index in [1.165, 1.54) is 0 Å². The van der Waals surface area contributed by atoms with Gasteiger partial charge in [-0.1, -0.05) is 20.8 Å². The van der Waals surface area contributed by atoms with Gasteiger partial charge in [0.15, 0.2) is 0 Å². The van der Waals surface area contributed by atoms with E-state index in [9.17, 15) is 4.79 Å². The molecule has 2 atom stereocenters. The van der Waals surface area contributed by atoms with Crippen molar-refractivity contribution in [3.8, 4) is 0 Å². The smallest absolute Gasteiger partial charge is 0.249 e. The minimum Gasteiger partial charge on any atom is -0.368 e. The molecule has 1 aliphatic heterocycles. The van der Waals surface area contributed by atoms with Gasteiger partial charge >= 0.3 is 0 Å². The number of amides is 1. The highest BCUT2D eigenvalue weighted by atomic mass is 16.5. The summed E-state index contributed by atoms with van der Waals surface area (Å²) in [6.45, 7) is 7.69. The predicted molar refractivity (Wildman–Crippen MR) is 51.4 cm³/mol. The van der Waals surface area contributed by atoms with E-state index in [0.29, 0.717) is 11.8 Å². The minimum absolute atomic E-state index is 0.0544. The van der Waals surface area contributed by atoms with Crippen LogP contribution in [0.2, 0.25) is 0 Å². The van der Waals surface area contributed by atoms with Gasteiger partial charge in [-0.05, 0) is 18.3 Å². The van der Waals surface area contributed by atoms with E-state index in [1.54, 1.807) is 0 Å². The van der Waals surface area contributed by atoms with Crippen LogP contribution in [0.25, 0.3) is 0 Å². The average Bonchev–Trinajstić information content (AvgIpc) is 2.47. The number of carbonyl (C=O) groups excluding carboxylic acids is 1. The van der Waals surface area contributed by atoms with Gasteiger partial charge in [0.05, 0.1) is 0 Å². The molecule has 0 radical (unpaired) electrons. The Labute approximate surface area is 79.8 Å². The lowest BCUT2D eigenvalue weighted by atomic mass is 10.0. The average molecular weight is 185 g/mol.